The standard InChI is InChI=1S/C29H26Cl3N3/c1-16-9-10-25(22(11-16)15-33)35-18(3)20-7-6-8-23(13-20)34-19(4)26-27(29(26,5)32)21-12-17(2)28(31)24(30)14-21/h6-14,26-27,34-35H,3-4H2,1-2,5H3. The molecule has 0 spiro atoms. The molecule has 0 aliphatic heterocycles. The Hall–Kier alpha value is -2.90. The Morgan fingerprint density at radius 3 is 2.46 bits per heavy atom. The van der Waals surface area contributed by atoms with Gasteiger partial charge in [0.2, 0.25) is 0 Å². The summed E-state index contributed by atoms with van der Waals surface area (Å²) in [5.74, 6) is 0.0972. The van der Waals surface area contributed by atoms with Crippen LogP contribution < -0.4 is 10.6 Å². The highest BCUT2D eigenvalue weighted by Crippen LogP contribution is 2.65. The highest BCUT2D eigenvalue weighted by molar-refractivity contribution is 6.42. The van der Waals surface area contributed by atoms with Crippen molar-refractivity contribution in [1.29, 1.82) is 5.26 Å². The predicted molar refractivity (Wildman–Crippen MR) is 149 cm³/mol. The molecule has 2 N–H and O–H groups in total. The molecule has 1 fully saturated rings. The lowest BCUT2D eigenvalue weighted by atomic mass is 10.0. The number of rotatable bonds is 7. The van der Waals surface area contributed by atoms with Crippen LogP contribution >= 0.6 is 34.8 Å². The molecule has 3 atom stereocenters. The van der Waals surface area contributed by atoms with Gasteiger partial charge in [-0.15, -0.1) is 11.6 Å². The second-order valence-electron chi connectivity index (χ2n) is 9.24. The van der Waals surface area contributed by atoms with Crippen molar-refractivity contribution < 1.29 is 0 Å². The number of nitrogens with zero attached hydrogens (tertiary/aromatic N) is 1. The van der Waals surface area contributed by atoms with Crippen LogP contribution in [0.1, 0.15) is 40.7 Å². The Morgan fingerprint density at radius 2 is 1.77 bits per heavy atom. The lowest BCUT2D eigenvalue weighted by Gasteiger charge is -2.15. The molecule has 3 unspecified atom stereocenters. The van der Waals surface area contributed by atoms with Gasteiger partial charge in [0, 0.05) is 28.9 Å². The Morgan fingerprint density at radius 1 is 1.03 bits per heavy atom. The first-order valence-electron chi connectivity index (χ1n) is 11.2. The third kappa shape index (κ3) is 5.07. The fourth-order valence-corrected chi connectivity index (χ4v) is 5.45. The number of aryl methyl sites for hydroxylation is 2. The normalized spacial score (nSPS) is 20.6. The van der Waals surface area contributed by atoms with Crippen molar-refractivity contribution in [2.45, 2.75) is 31.6 Å². The average molecular weight is 523 g/mol. The summed E-state index contributed by atoms with van der Waals surface area (Å²) in [4.78, 5) is -0.477. The summed E-state index contributed by atoms with van der Waals surface area (Å²) in [5.41, 5.74) is 7.61. The van der Waals surface area contributed by atoms with Crippen molar-refractivity contribution in [1.82, 2.24) is 0 Å². The van der Waals surface area contributed by atoms with E-state index in [-0.39, 0.29) is 11.8 Å². The van der Waals surface area contributed by atoms with Crippen molar-refractivity contribution in [2.24, 2.45) is 5.92 Å². The van der Waals surface area contributed by atoms with E-state index in [1.54, 1.807) is 0 Å². The number of anilines is 2. The Labute approximate surface area is 222 Å². The van der Waals surface area contributed by atoms with Crippen LogP contribution in [0.4, 0.5) is 11.4 Å². The molecule has 0 aromatic heterocycles. The molecular weight excluding hydrogens is 497 g/mol. The van der Waals surface area contributed by atoms with Gasteiger partial charge in [0.15, 0.2) is 0 Å². The fraction of sp³-hybridized carbons (Fsp3) is 0.207. The molecule has 1 aliphatic carbocycles. The van der Waals surface area contributed by atoms with Crippen LogP contribution in [0.15, 0.2) is 73.5 Å². The largest absolute Gasteiger partial charge is 0.359 e. The molecule has 3 aromatic carbocycles. The van der Waals surface area contributed by atoms with Gasteiger partial charge in [0.25, 0.3) is 0 Å². The molecule has 35 heavy (non-hydrogen) atoms. The van der Waals surface area contributed by atoms with Gasteiger partial charge in [-0.25, -0.2) is 0 Å². The minimum absolute atomic E-state index is 0.0246. The minimum atomic E-state index is -0.477. The number of alkyl halides is 1. The SMILES string of the molecule is C=C(Nc1ccc(C)cc1C#N)c1cccc(NC(=C)C2C(c3cc(C)c(Cl)c(Cl)c3)C2(C)Cl)c1. The molecule has 4 rings (SSSR count). The molecular formula is C29H26Cl3N3. The molecule has 3 nitrogen and oxygen atoms in total. The minimum Gasteiger partial charge on any atom is -0.359 e. The van der Waals surface area contributed by atoms with Crippen LogP contribution in [0.2, 0.25) is 10.0 Å². The van der Waals surface area contributed by atoms with Gasteiger partial charge in [-0.05, 0) is 73.4 Å². The van der Waals surface area contributed by atoms with Gasteiger partial charge in [0.1, 0.15) is 6.07 Å². The van der Waals surface area contributed by atoms with E-state index in [9.17, 15) is 5.26 Å². The number of nitrogens with one attached hydrogen (secondary N) is 2. The number of nitriles is 1. The van der Waals surface area contributed by atoms with Crippen LogP contribution in [-0.2, 0) is 0 Å². The lowest BCUT2D eigenvalue weighted by molar-refractivity contribution is 0.899. The Kier molecular flexibility index (Phi) is 6.93. The summed E-state index contributed by atoms with van der Waals surface area (Å²) < 4.78 is 0. The molecule has 0 bridgehead atoms. The average Bonchev–Trinajstić information content (AvgIpc) is 3.40. The monoisotopic (exact) mass is 521 g/mol. The molecule has 0 amide bonds. The quantitative estimate of drug-likeness (QED) is 0.305. The zero-order valence-corrected chi connectivity index (χ0v) is 22.1. The van der Waals surface area contributed by atoms with Gasteiger partial charge < -0.3 is 10.6 Å². The van der Waals surface area contributed by atoms with Crippen LogP contribution in [0, 0.1) is 31.1 Å². The van der Waals surface area contributed by atoms with Crippen molar-refractivity contribution in [3.63, 3.8) is 0 Å². The van der Waals surface area contributed by atoms with E-state index in [0.29, 0.717) is 21.3 Å². The summed E-state index contributed by atoms with van der Waals surface area (Å²) >= 11 is 19.5. The molecule has 0 saturated heterocycles. The van der Waals surface area contributed by atoms with Crippen molar-refractivity contribution in [3.8, 4) is 6.07 Å². The second-order valence-corrected chi connectivity index (χ2v) is 10.8. The predicted octanol–water partition coefficient (Wildman–Crippen LogP) is 8.90. The molecule has 6 heteroatoms. The van der Waals surface area contributed by atoms with E-state index in [1.165, 1.54) is 0 Å². The molecule has 3 aromatic rings. The van der Waals surface area contributed by atoms with E-state index in [0.717, 1.165) is 39.3 Å². The highest BCUT2D eigenvalue weighted by Gasteiger charge is 2.62. The van der Waals surface area contributed by atoms with Gasteiger partial charge in [-0.1, -0.05) is 60.6 Å². The van der Waals surface area contributed by atoms with Gasteiger partial charge >= 0.3 is 0 Å². The smallest absolute Gasteiger partial charge is 0.101 e. The molecule has 0 heterocycles. The lowest BCUT2D eigenvalue weighted by Crippen LogP contribution is -2.06. The maximum atomic E-state index is 9.45. The molecule has 1 aliphatic rings. The topological polar surface area (TPSA) is 47.9 Å². The highest BCUT2D eigenvalue weighted by atomic mass is 35.5. The number of benzene rings is 3. The second kappa shape index (κ2) is 9.63. The van der Waals surface area contributed by atoms with Crippen molar-refractivity contribution in [3.05, 3.63) is 111 Å². The first-order valence-corrected chi connectivity index (χ1v) is 12.3. The Balaban J connectivity index is 1.49. The van der Waals surface area contributed by atoms with E-state index < -0.39 is 4.87 Å². The fourth-order valence-electron chi connectivity index (χ4n) is 4.62. The van der Waals surface area contributed by atoms with Crippen LogP contribution in [-0.4, -0.2) is 4.87 Å². The van der Waals surface area contributed by atoms with Gasteiger partial charge in [-0.2, -0.15) is 5.26 Å². The summed E-state index contributed by atoms with van der Waals surface area (Å²) in [6.45, 7) is 14.4. The van der Waals surface area contributed by atoms with Crippen LogP contribution in [0.25, 0.3) is 5.70 Å². The summed E-state index contributed by atoms with van der Waals surface area (Å²) in [6, 6.07) is 19.8. The number of hydrogen-bond donors (Lipinski definition) is 2. The van der Waals surface area contributed by atoms with E-state index >= 15 is 0 Å². The summed E-state index contributed by atoms with van der Waals surface area (Å²) in [6.07, 6.45) is 0. The number of allylic oxidation sites excluding steroid dienone is 1. The van der Waals surface area contributed by atoms with E-state index in [1.807, 2.05) is 75.4 Å². The third-order valence-corrected chi connectivity index (χ3v) is 7.87. The number of hydrogen-bond acceptors (Lipinski definition) is 3. The zero-order valence-electron chi connectivity index (χ0n) is 19.8. The maximum absolute atomic E-state index is 9.45. The third-order valence-electron chi connectivity index (χ3n) is 6.50. The van der Waals surface area contributed by atoms with Crippen molar-refractivity contribution in [2.75, 3.05) is 10.6 Å². The van der Waals surface area contributed by atoms with Gasteiger partial charge in [0.05, 0.1) is 26.2 Å². The van der Waals surface area contributed by atoms with Crippen LogP contribution in [0.5, 0.6) is 0 Å². The summed E-state index contributed by atoms with van der Waals surface area (Å²) in [7, 11) is 0. The molecule has 178 valence electrons. The zero-order chi connectivity index (χ0) is 25.5. The number of halogens is 3. The van der Waals surface area contributed by atoms with E-state index in [2.05, 4.69) is 29.9 Å². The maximum Gasteiger partial charge on any atom is 0.101 e. The van der Waals surface area contributed by atoms with E-state index in [4.69, 9.17) is 34.8 Å². The molecule has 0 radical (unpaired) electrons. The van der Waals surface area contributed by atoms with Crippen LogP contribution in [0.3, 0.4) is 0 Å². The first kappa shape index (κ1) is 25.2. The Bertz CT molecular complexity index is 1360. The summed E-state index contributed by atoms with van der Waals surface area (Å²) in [5, 5.41) is 17.2. The van der Waals surface area contributed by atoms with Crippen molar-refractivity contribution >= 4 is 51.9 Å². The van der Waals surface area contributed by atoms with Gasteiger partial charge in [-0.3, -0.25) is 0 Å². The first-order chi connectivity index (χ1) is 16.5. The molecule has 1 saturated carbocycles.